The van der Waals surface area contributed by atoms with E-state index in [9.17, 15) is 0 Å². The number of nitrogens with two attached hydrogens (primary N) is 2. The molecule has 1 aromatic heterocycles. The van der Waals surface area contributed by atoms with E-state index in [1.807, 2.05) is 5.38 Å². The van der Waals surface area contributed by atoms with Gasteiger partial charge >= 0.3 is 0 Å². The van der Waals surface area contributed by atoms with Gasteiger partial charge in [0.05, 0.1) is 5.69 Å². The van der Waals surface area contributed by atoms with Crippen LogP contribution in [0.2, 0.25) is 0 Å². The van der Waals surface area contributed by atoms with Gasteiger partial charge < -0.3 is 16.2 Å². The van der Waals surface area contributed by atoms with Gasteiger partial charge in [-0.05, 0) is 0 Å². The van der Waals surface area contributed by atoms with Crippen molar-refractivity contribution in [2.45, 2.75) is 6.10 Å². The van der Waals surface area contributed by atoms with Crippen molar-refractivity contribution in [3.05, 3.63) is 11.1 Å². The highest BCUT2D eigenvalue weighted by atomic mass is 32.1. The third-order valence-corrected chi connectivity index (χ3v) is 2.06. The molecule has 1 rings (SSSR count). The Morgan fingerprint density at radius 3 is 2.91 bits per heavy atom. The van der Waals surface area contributed by atoms with Gasteiger partial charge in [0.1, 0.15) is 6.10 Å². The number of thiazole rings is 1. The highest BCUT2D eigenvalue weighted by Crippen LogP contribution is 2.19. The third-order valence-electron chi connectivity index (χ3n) is 1.37. The van der Waals surface area contributed by atoms with Crippen molar-refractivity contribution >= 4 is 16.5 Å². The zero-order chi connectivity index (χ0) is 8.27. The largest absolute Gasteiger partial charge is 0.375 e. The predicted molar refractivity (Wildman–Crippen MR) is 45.3 cm³/mol. The molecule has 1 unspecified atom stereocenters. The fourth-order valence-corrected chi connectivity index (χ4v) is 1.39. The molecule has 0 radical (unpaired) electrons. The summed E-state index contributed by atoms with van der Waals surface area (Å²) in [6.07, 6.45) is -0.122. The normalized spacial score (nSPS) is 13.3. The number of rotatable bonds is 3. The Hall–Kier alpha value is -0.650. The summed E-state index contributed by atoms with van der Waals surface area (Å²) < 4.78 is 5.06. The molecular formula is C6H11N3OS. The lowest BCUT2D eigenvalue weighted by molar-refractivity contribution is 0.107. The Bertz CT molecular complexity index is 221. The first kappa shape index (κ1) is 8.45. The monoisotopic (exact) mass is 173 g/mol. The Balaban J connectivity index is 2.73. The van der Waals surface area contributed by atoms with Gasteiger partial charge in [0.2, 0.25) is 0 Å². The van der Waals surface area contributed by atoms with Crippen LogP contribution in [0.15, 0.2) is 5.38 Å². The summed E-state index contributed by atoms with van der Waals surface area (Å²) in [6.45, 7) is 0.430. The highest BCUT2D eigenvalue weighted by Gasteiger charge is 2.10. The first-order valence-electron chi connectivity index (χ1n) is 3.21. The topological polar surface area (TPSA) is 74.2 Å². The van der Waals surface area contributed by atoms with E-state index in [0.29, 0.717) is 11.7 Å². The van der Waals surface area contributed by atoms with Crippen LogP contribution in [0, 0.1) is 0 Å². The number of methoxy groups -OCH3 is 1. The van der Waals surface area contributed by atoms with Gasteiger partial charge in [0.15, 0.2) is 5.13 Å². The highest BCUT2D eigenvalue weighted by molar-refractivity contribution is 7.13. The average molecular weight is 173 g/mol. The molecule has 4 N–H and O–H groups in total. The van der Waals surface area contributed by atoms with Gasteiger partial charge in [-0.25, -0.2) is 4.98 Å². The van der Waals surface area contributed by atoms with Crippen molar-refractivity contribution in [1.29, 1.82) is 0 Å². The standard InChI is InChI=1S/C6H11N3OS/c1-10-5(2-7)4-3-11-6(8)9-4/h3,5H,2,7H2,1H3,(H2,8,9). The lowest BCUT2D eigenvalue weighted by Gasteiger charge is -2.08. The fourth-order valence-electron chi connectivity index (χ4n) is 0.786. The Kier molecular flexibility index (Phi) is 2.81. The summed E-state index contributed by atoms with van der Waals surface area (Å²) in [5.41, 5.74) is 11.7. The second-order valence-electron chi connectivity index (χ2n) is 2.07. The molecule has 0 bridgehead atoms. The SMILES string of the molecule is COC(CN)c1csc(N)n1. The van der Waals surface area contributed by atoms with Crippen molar-refractivity contribution in [2.75, 3.05) is 19.4 Å². The number of anilines is 1. The number of aromatic nitrogens is 1. The van der Waals surface area contributed by atoms with E-state index in [2.05, 4.69) is 4.98 Å². The molecule has 11 heavy (non-hydrogen) atoms. The molecule has 1 heterocycles. The number of nitrogen functional groups attached to an aromatic ring is 1. The molecule has 0 saturated carbocycles. The summed E-state index contributed by atoms with van der Waals surface area (Å²) in [4.78, 5) is 4.04. The van der Waals surface area contributed by atoms with E-state index in [-0.39, 0.29) is 6.10 Å². The fraction of sp³-hybridized carbons (Fsp3) is 0.500. The van der Waals surface area contributed by atoms with Gasteiger partial charge in [0.25, 0.3) is 0 Å². The molecule has 0 spiro atoms. The summed E-state index contributed by atoms with van der Waals surface area (Å²) in [7, 11) is 1.60. The van der Waals surface area contributed by atoms with Crippen molar-refractivity contribution in [2.24, 2.45) is 5.73 Å². The number of nitrogens with zero attached hydrogens (tertiary/aromatic N) is 1. The van der Waals surface area contributed by atoms with E-state index < -0.39 is 0 Å². The lowest BCUT2D eigenvalue weighted by atomic mass is 10.3. The van der Waals surface area contributed by atoms with Gasteiger partial charge in [-0.1, -0.05) is 0 Å². The predicted octanol–water partition coefficient (Wildman–Crippen LogP) is 0.372. The molecule has 0 saturated heterocycles. The Labute approximate surface area is 69.2 Å². The van der Waals surface area contributed by atoms with Gasteiger partial charge in [0, 0.05) is 19.0 Å². The summed E-state index contributed by atoms with van der Waals surface area (Å²) in [6, 6.07) is 0. The quantitative estimate of drug-likeness (QED) is 0.692. The molecule has 62 valence electrons. The average Bonchev–Trinajstić information content (AvgIpc) is 2.39. The summed E-state index contributed by atoms with van der Waals surface area (Å²) >= 11 is 1.39. The van der Waals surface area contributed by atoms with Crippen LogP contribution >= 0.6 is 11.3 Å². The van der Waals surface area contributed by atoms with Gasteiger partial charge in [-0.2, -0.15) is 0 Å². The molecular weight excluding hydrogens is 162 g/mol. The van der Waals surface area contributed by atoms with Crippen LogP contribution in [0.25, 0.3) is 0 Å². The lowest BCUT2D eigenvalue weighted by Crippen LogP contribution is -2.14. The smallest absolute Gasteiger partial charge is 0.180 e. The van der Waals surface area contributed by atoms with E-state index in [1.54, 1.807) is 7.11 Å². The molecule has 0 aliphatic heterocycles. The van der Waals surface area contributed by atoms with E-state index >= 15 is 0 Å². The molecule has 4 nitrogen and oxygen atoms in total. The maximum absolute atomic E-state index is 5.44. The molecule has 5 heteroatoms. The molecule has 0 aromatic carbocycles. The van der Waals surface area contributed by atoms with Crippen LogP contribution in [0.4, 0.5) is 5.13 Å². The van der Waals surface area contributed by atoms with E-state index in [1.165, 1.54) is 11.3 Å². The molecule has 1 atom stereocenters. The minimum Gasteiger partial charge on any atom is -0.375 e. The molecule has 0 aliphatic rings. The third kappa shape index (κ3) is 1.89. The van der Waals surface area contributed by atoms with Crippen LogP contribution < -0.4 is 11.5 Å². The van der Waals surface area contributed by atoms with Crippen LogP contribution in [0.5, 0.6) is 0 Å². The first-order valence-corrected chi connectivity index (χ1v) is 4.09. The van der Waals surface area contributed by atoms with Crippen LogP contribution in [0.3, 0.4) is 0 Å². The molecule has 0 aliphatic carbocycles. The van der Waals surface area contributed by atoms with Crippen LogP contribution in [-0.4, -0.2) is 18.6 Å². The Morgan fingerprint density at radius 1 is 1.82 bits per heavy atom. The maximum Gasteiger partial charge on any atom is 0.180 e. The number of hydrogen-bond acceptors (Lipinski definition) is 5. The van der Waals surface area contributed by atoms with E-state index in [0.717, 1.165) is 5.69 Å². The van der Waals surface area contributed by atoms with Crippen LogP contribution in [0.1, 0.15) is 11.8 Å². The van der Waals surface area contributed by atoms with Gasteiger partial charge in [-0.3, -0.25) is 0 Å². The van der Waals surface area contributed by atoms with Gasteiger partial charge in [-0.15, -0.1) is 11.3 Å². The maximum atomic E-state index is 5.44. The minimum absolute atomic E-state index is 0.122. The zero-order valence-electron chi connectivity index (χ0n) is 6.28. The molecule has 0 fully saturated rings. The Morgan fingerprint density at radius 2 is 2.55 bits per heavy atom. The minimum atomic E-state index is -0.122. The second kappa shape index (κ2) is 3.66. The van der Waals surface area contributed by atoms with Crippen molar-refractivity contribution in [3.8, 4) is 0 Å². The number of hydrogen-bond donors (Lipinski definition) is 2. The second-order valence-corrected chi connectivity index (χ2v) is 2.96. The summed E-state index contributed by atoms with van der Waals surface area (Å²) in [5.74, 6) is 0. The van der Waals surface area contributed by atoms with Crippen LogP contribution in [-0.2, 0) is 4.74 Å². The van der Waals surface area contributed by atoms with Crippen molar-refractivity contribution in [3.63, 3.8) is 0 Å². The zero-order valence-corrected chi connectivity index (χ0v) is 7.10. The number of ether oxygens (including phenoxy) is 1. The van der Waals surface area contributed by atoms with Crippen molar-refractivity contribution in [1.82, 2.24) is 4.98 Å². The molecule has 0 amide bonds. The molecule has 1 aromatic rings. The summed E-state index contributed by atoms with van der Waals surface area (Å²) in [5, 5.41) is 2.41. The van der Waals surface area contributed by atoms with E-state index in [4.69, 9.17) is 16.2 Å². The first-order chi connectivity index (χ1) is 5.27. The van der Waals surface area contributed by atoms with Crippen molar-refractivity contribution < 1.29 is 4.74 Å².